The van der Waals surface area contributed by atoms with E-state index in [1.807, 2.05) is 30.3 Å². The quantitative estimate of drug-likeness (QED) is 0.316. The molecule has 40 heavy (non-hydrogen) atoms. The van der Waals surface area contributed by atoms with Crippen molar-refractivity contribution in [2.24, 2.45) is 0 Å². The molecule has 3 heterocycles. The van der Waals surface area contributed by atoms with Crippen molar-refractivity contribution in [3.05, 3.63) is 77.2 Å². The minimum Gasteiger partial charge on any atom is -0.399 e. The number of carbonyl (C=O) groups excluding carboxylic acids is 2. The van der Waals surface area contributed by atoms with E-state index in [4.69, 9.17) is 15.3 Å². The number of nitrogens with two attached hydrogens (primary N) is 1. The molecule has 9 nitrogen and oxygen atoms in total. The molecule has 0 spiro atoms. The van der Waals surface area contributed by atoms with Crippen molar-refractivity contribution in [2.45, 2.75) is 43.1 Å². The molecule has 2 aromatic carbocycles. The first-order valence-corrected chi connectivity index (χ1v) is 15.8. The minimum absolute atomic E-state index is 0.0410. The fourth-order valence-corrected chi connectivity index (χ4v) is 8.80. The van der Waals surface area contributed by atoms with Crippen LogP contribution in [0.1, 0.15) is 47.3 Å². The lowest BCUT2D eigenvalue weighted by Crippen LogP contribution is -2.43. The highest BCUT2D eigenvalue weighted by Crippen LogP contribution is 2.45. The van der Waals surface area contributed by atoms with Crippen LogP contribution in [-0.4, -0.2) is 56.9 Å². The summed E-state index contributed by atoms with van der Waals surface area (Å²) in [5.41, 5.74) is 10.4. The molecule has 11 heteroatoms. The number of carbonyl (C=O) groups is 2. The van der Waals surface area contributed by atoms with E-state index in [0.717, 1.165) is 23.3 Å². The molecule has 2 aliphatic rings. The van der Waals surface area contributed by atoms with Gasteiger partial charge in [-0.3, -0.25) is 9.59 Å². The molecular formula is C29H33N3O6S2. The lowest BCUT2D eigenvalue weighted by Gasteiger charge is -2.31. The Hall–Kier alpha value is -3.25. The van der Waals surface area contributed by atoms with Gasteiger partial charge in [-0.25, -0.2) is 18.7 Å². The smallest absolute Gasteiger partial charge is 0.253 e. The molecule has 5 rings (SSSR count). The molecule has 1 aromatic heterocycles. The Bertz CT molecular complexity index is 1450. The number of hydroxylamine groups is 1. The van der Waals surface area contributed by atoms with Crippen molar-refractivity contribution in [2.75, 3.05) is 31.2 Å². The van der Waals surface area contributed by atoms with E-state index in [0.29, 0.717) is 29.2 Å². The van der Waals surface area contributed by atoms with Gasteiger partial charge in [-0.1, -0.05) is 30.3 Å². The van der Waals surface area contributed by atoms with Crippen LogP contribution in [0.25, 0.3) is 10.4 Å². The van der Waals surface area contributed by atoms with Gasteiger partial charge in [0.25, 0.3) is 5.91 Å². The van der Waals surface area contributed by atoms with Crippen molar-refractivity contribution < 1.29 is 27.6 Å². The van der Waals surface area contributed by atoms with E-state index in [1.54, 1.807) is 41.3 Å². The molecular weight excluding hydrogens is 550 g/mol. The molecule has 2 unspecified atom stereocenters. The molecule has 2 saturated heterocycles. The Morgan fingerprint density at radius 3 is 2.65 bits per heavy atom. The number of ether oxygens (including phenoxy) is 1. The maximum atomic E-state index is 14.1. The third kappa shape index (κ3) is 6.07. The summed E-state index contributed by atoms with van der Waals surface area (Å²) in [6.07, 6.45) is 1.67. The monoisotopic (exact) mass is 583 g/mol. The van der Waals surface area contributed by atoms with E-state index in [2.05, 4.69) is 5.48 Å². The van der Waals surface area contributed by atoms with Crippen LogP contribution in [0.3, 0.4) is 0 Å². The first-order chi connectivity index (χ1) is 19.3. The highest BCUT2D eigenvalue weighted by atomic mass is 32.2. The van der Waals surface area contributed by atoms with Crippen molar-refractivity contribution in [1.29, 1.82) is 0 Å². The minimum atomic E-state index is -3.89. The average molecular weight is 584 g/mol. The highest BCUT2D eigenvalue weighted by Gasteiger charge is 2.50. The number of benzene rings is 2. The fourth-order valence-electron chi connectivity index (χ4n) is 5.20. The van der Waals surface area contributed by atoms with Crippen molar-refractivity contribution in [1.82, 2.24) is 10.4 Å². The number of amides is 2. The van der Waals surface area contributed by atoms with Crippen LogP contribution in [0.15, 0.2) is 66.7 Å². The highest BCUT2D eigenvalue weighted by molar-refractivity contribution is 7.92. The van der Waals surface area contributed by atoms with Gasteiger partial charge in [0.1, 0.15) is 4.75 Å². The predicted octanol–water partition coefficient (Wildman–Crippen LogP) is 4.12. The van der Waals surface area contributed by atoms with Crippen LogP contribution in [-0.2, 0) is 29.0 Å². The van der Waals surface area contributed by atoms with Crippen molar-refractivity contribution in [3.63, 3.8) is 0 Å². The number of anilines is 1. The van der Waals surface area contributed by atoms with E-state index < -0.39 is 26.8 Å². The maximum absolute atomic E-state index is 14.1. The Kier molecular flexibility index (Phi) is 8.55. The molecule has 3 aromatic rings. The van der Waals surface area contributed by atoms with Crippen molar-refractivity contribution in [3.8, 4) is 10.4 Å². The molecule has 0 saturated carbocycles. The number of thiophene rings is 1. The largest absolute Gasteiger partial charge is 0.399 e. The number of nitrogens with one attached hydrogen (secondary N) is 1. The Morgan fingerprint density at radius 2 is 1.90 bits per heavy atom. The van der Waals surface area contributed by atoms with Gasteiger partial charge in [0.05, 0.1) is 12.2 Å². The summed E-state index contributed by atoms with van der Waals surface area (Å²) in [5.74, 6) is -1.06. The molecule has 0 radical (unpaired) electrons. The summed E-state index contributed by atoms with van der Waals surface area (Å²) in [6, 6.07) is 19.8. The first-order valence-electron chi connectivity index (χ1n) is 13.4. The number of sulfone groups is 1. The lowest BCUT2D eigenvalue weighted by molar-refractivity contribution is -0.200. The van der Waals surface area contributed by atoms with Gasteiger partial charge in [0.15, 0.2) is 16.1 Å². The second-order valence-electron chi connectivity index (χ2n) is 10.1. The van der Waals surface area contributed by atoms with Gasteiger partial charge in [0, 0.05) is 47.1 Å². The van der Waals surface area contributed by atoms with Gasteiger partial charge in [0.2, 0.25) is 5.91 Å². The van der Waals surface area contributed by atoms with Gasteiger partial charge >= 0.3 is 0 Å². The number of nitrogens with zero attached hydrogens (tertiary/aromatic N) is 1. The molecule has 3 N–H and O–H groups in total. The average Bonchev–Trinajstić information content (AvgIpc) is 3.42. The zero-order valence-electron chi connectivity index (χ0n) is 22.1. The van der Waals surface area contributed by atoms with Crippen LogP contribution in [0.2, 0.25) is 0 Å². The number of nitrogen functional groups attached to an aromatic ring is 1. The Morgan fingerprint density at radius 1 is 1.07 bits per heavy atom. The van der Waals surface area contributed by atoms with Crippen LogP contribution < -0.4 is 11.2 Å². The predicted molar refractivity (Wildman–Crippen MR) is 154 cm³/mol. The summed E-state index contributed by atoms with van der Waals surface area (Å²) < 4.78 is 32.1. The molecule has 0 aliphatic carbocycles. The Balaban J connectivity index is 1.45. The lowest BCUT2D eigenvalue weighted by atomic mass is 9.97. The molecule has 212 valence electrons. The van der Waals surface area contributed by atoms with Crippen LogP contribution in [0, 0.1) is 0 Å². The van der Waals surface area contributed by atoms with Gasteiger partial charge in [-0.2, -0.15) is 0 Å². The van der Waals surface area contributed by atoms with E-state index >= 15 is 0 Å². The van der Waals surface area contributed by atoms with Crippen LogP contribution in [0.4, 0.5) is 5.69 Å². The SMILES string of the molecule is Nc1cccc(-c2ccc(C3(CC(=O)NOC4CCCCO4)CCN(C(=O)c4ccccc4)CCS3(=O)=O)s2)c1. The summed E-state index contributed by atoms with van der Waals surface area (Å²) in [6.45, 7) is 0.768. The molecule has 2 fully saturated rings. The maximum Gasteiger partial charge on any atom is 0.253 e. The van der Waals surface area contributed by atoms with Crippen molar-refractivity contribution >= 4 is 38.7 Å². The molecule has 2 atom stereocenters. The normalized spacial score (nSPS) is 22.8. The summed E-state index contributed by atoms with van der Waals surface area (Å²) in [7, 11) is -3.89. The third-order valence-electron chi connectivity index (χ3n) is 7.43. The summed E-state index contributed by atoms with van der Waals surface area (Å²) in [4.78, 5) is 34.9. The van der Waals surface area contributed by atoms with Gasteiger partial charge < -0.3 is 15.4 Å². The zero-order valence-corrected chi connectivity index (χ0v) is 23.7. The number of rotatable bonds is 7. The molecule has 2 aliphatic heterocycles. The van der Waals surface area contributed by atoms with Crippen LogP contribution >= 0.6 is 11.3 Å². The van der Waals surface area contributed by atoms with E-state index in [1.165, 1.54) is 11.3 Å². The molecule has 2 amide bonds. The summed E-state index contributed by atoms with van der Waals surface area (Å²) in [5, 5.41) is 0. The third-order valence-corrected chi connectivity index (χ3v) is 11.4. The second kappa shape index (κ2) is 12.1. The van der Waals surface area contributed by atoms with E-state index in [-0.39, 0.29) is 37.6 Å². The number of hydrogen-bond acceptors (Lipinski definition) is 8. The fraction of sp³-hybridized carbons (Fsp3) is 0.379. The Labute approximate surface area is 238 Å². The topological polar surface area (TPSA) is 128 Å². The first kappa shape index (κ1) is 28.3. The van der Waals surface area contributed by atoms with Gasteiger partial charge in [-0.05, 0) is 61.2 Å². The van der Waals surface area contributed by atoms with E-state index in [9.17, 15) is 18.0 Å². The number of hydrogen-bond donors (Lipinski definition) is 2. The summed E-state index contributed by atoms with van der Waals surface area (Å²) >= 11 is 1.32. The van der Waals surface area contributed by atoms with Gasteiger partial charge in [-0.15, -0.1) is 11.3 Å². The standard InChI is InChI=1S/C29H33N3O6S2/c30-23-10-6-9-22(19-23)24-12-13-25(39-24)29(20-26(33)31-38-27-11-4-5-17-37-27)14-15-32(16-18-40(29,35)36)28(34)21-7-2-1-3-8-21/h1-3,6-10,12-13,19,27H,4-5,11,14-18,20,30H2,(H,31,33). The zero-order chi connectivity index (χ0) is 28.2. The second-order valence-corrected chi connectivity index (χ2v) is 13.6. The molecule has 0 bridgehead atoms. The van der Waals surface area contributed by atoms with Crippen LogP contribution in [0.5, 0.6) is 0 Å².